The third-order valence-electron chi connectivity index (χ3n) is 3.85. The number of nitrogens with zero attached hydrogens (tertiary/aromatic N) is 5. The number of nitrogens with two attached hydrogens (primary N) is 1. The molecule has 0 bridgehead atoms. The molecule has 0 unspecified atom stereocenters. The highest BCUT2D eigenvalue weighted by Gasteiger charge is 2.18. The van der Waals surface area contributed by atoms with E-state index in [4.69, 9.17) is 5.73 Å². The van der Waals surface area contributed by atoms with Crippen LogP contribution >= 0.6 is 15.9 Å². The van der Waals surface area contributed by atoms with Crippen LogP contribution in [0.5, 0.6) is 0 Å². The standard InChI is InChI=1S/C17H13BrN6O/c1-23-9-11(8-21-23)10-5-14-15(16(19)25)22-24(17(14)20-7-10)13-4-2-3-12(18)6-13/h2-9H,1H3,(H2,19,25). The number of carbonyl (C=O) groups is 1. The molecule has 0 aliphatic heterocycles. The minimum atomic E-state index is -0.594. The van der Waals surface area contributed by atoms with Crippen molar-refractivity contribution in [3.63, 3.8) is 0 Å². The number of halogens is 1. The van der Waals surface area contributed by atoms with Crippen LogP contribution in [0, 0.1) is 0 Å². The van der Waals surface area contributed by atoms with E-state index in [9.17, 15) is 4.79 Å². The third-order valence-corrected chi connectivity index (χ3v) is 4.34. The fourth-order valence-corrected chi connectivity index (χ4v) is 3.09. The van der Waals surface area contributed by atoms with Crippen LogP contribution < -0.4 is 5.73 Å². The molecule has 8 heteroatoms. The number of hydrogen-bond acceptors (Lipinski definition) is 4. The summed E-state index contributed by atoms with van der Waals surface area (Å²) in [6.07, 6.45) is 5.36. The van der Waals surface area contributed by atoms with Gasteiger partial charge in [-0.05, 0) is 24.3 Å². The topological polar surface area (TPSA) is 91.6 Å². The molecular formula is C17H13BrN6O. The van der Waals surface area contributed by atoms with Gasteiger partial charge in [-0.3, -0.25) is 9.48 Å². The Kier molecular flexibility index (Phi) is 3.61. The molecule has 0 spiro atoms. The van der Waals surface area contributed by atoms with E-state index in [1.54, 1.807) is 21.8 Å². The summed E-state index contributed by atoms with van der Waals surface area (Å²) in [7, 11) is 1.84. The molecule has 2 N–H and O–H groups in total. The summed E-state index contributed by atoms with van der Waals surface area (Å²) in [5, 5.41) is 9.15. The molecule has 0 aliphatic rings. The number of benzene rings is 1. The van der Waals surface area contributed by atoms with Gasteiger partial charge >= 0.3 is 0 Å². The number of aromatic nitrogens is 5. The second kappa shape index (κ2) is 5.82. The first-order valence-electron chi connectivity index (χ1n) is 7.46. The van der Waals surface area contributed by atoms with E-state index in [1.165, 1.54) is 0 Å². The van der Waals surface area contributed by atoms with Crippen molar-refractivity contribution in [2.75, 3.05) is 0 Å². The second-order valence-electron chi connectivity index (χ2n) is 5.60. The summed E-state index contributed by atoms with van der Waals surface area (Å²) in [5.74, 6) is -0.594. The number of amides is 1. The Morgan fingerprint density at radius 2 is 2.04 bits per heavy atom. The van der Waals surface area contributed by atoms with Gasteiger partial charge in [0, 0.05) is 35.0 Å². The number of aryl methyl sites for hydroxylation is 1. The summed E-state index contributed by atoms with van der Waals surface area (Å²) < 4.78 is 4.23. The van der Waals surface area contributed by atoms with Gasteiger partial charge in [0.15, 0.2) is 11.3 Å². The summed E-state index contributed by atoms with van der Waals surface area (Å²) in [4.78, 5) is 16.4. The lowest BCUT2D eigenvalue weighted by atomic mass is 10.1. The van der Waals surface area contributed by atoms with Crippen molar-refractivity contribution in [3.8, 4) is 16.8 Å². The molecule has 124 valence electrons. The normalized spacial score (nSPS) is 11.1. The minimum Gasteiger partial charge on any atom is -0.364 e. The van der Waals surface area contributed by atoms with Gasteiger partial charge in [0.2, 0.25) is 0 Å². The summed E-state index contributed by atoms with van der Waals surface area (Å²) in [6.45, 7) is 0. The first-order valence-corrected chi connectivity index (χ1v) is 8.26. The Morgan fingerprint density at radius 1 is 1.20 bits per heavy atom. The minimum absolute atomic E-state index is 0.188. The molecule has 0 saturated heterocycles. The lowest BCUT2D eigenvalue weighted by Crippen LogP contribution is -2.12. The van der Waals surface area contributed by atoms with E-state index in [2.05, 4.69) is 31.1 Å². The largest absolute Gasteiger partial charge is 0.364 e. The molecule has 0 aliphatic carbocycles. The van der Waals surface area contributed by atoms with Gasteiger partial charge in [-0.25, -0.2) is 9.67 Å². The van der Waals surface area contributed by atoms with Crippen LogP contribution in [0.4, 0.5) is 0 Å². The Morgan fingerprint density at radius 3 is 2.72 bits per heavy atom. The highest BCUT2D eigenvalue weighted by molar-refractivity contribution is 9.10. The van der Waals surface area contributed by atoms with E-state index in [1.807, 2.05) is 43.6 Å². The van der Waals surface area contributed by atoms with Crippen molar-refractivity contribution in [2.45, 2.75) is 0 Å². The van der Waals surface area contributed by atoms with Gasteiger partial charge in [-0.1, -0.05) is 22.0 Å². The van der Waals surface area contributed by atoms with Crippen molar-refractivity contribution in [2.24, 2.45) is 12.8 Å². The maximum Gasteiger partial charge on any atom is 0.269 e. The Bertz CT molecular complexity index is 1110. The summed E-state index contributed by atoms with van der Waals surface area (Å²) >= 11 is 3.44. The van der Waals surface area contributed by atoms with E-state index in [0.29, 0.717) is 11.0 Å². The zero-order valence-electron chi connectivity index (χ0n) is 13.2. The van der Waals surface area contributed by atoms with Crippen LogP contribution in [0.25, 0.3) is 27.8 Å². The van der Waals surface area contributed by atoms with E-state index < -0.39 is 5.91 Å². The number of hydrogen-bond donors (Lipinski definition) is 1. The monoisotopic (exact) mass is 396 g/mol. The maximum absolute atomic E-state index is 11.9. The van der Waals surface area contributed by atoms with Crippen LogP contribution in [-0.4, -0.2) is 30.5 Å². The number of carbonyl (C=O) groups excluding carboxylic acids is 1. The highest BCUT2D eigenvalue weighted by Crippen LogP contribution is 2.27. The molecule has 4 rings (SSSR count). The SMILES string of the molecule is Cn1cc(-c2cnc3c(c2)c(C(N)=O)nn3-c2cccc(Br)c2)cn1. The lowest BCUT2D eigenvalue weighted by molar-refractivity contribution is 0.0996. The number of rotatable bonds is 3. The van der Waals surface area contributed by atoms with Crippen LogP contribution in [0.1, 0.15) is 10.5 Å². The van der Waals surface area contributed by atoms with Crippen LogP contribution in [0.15, 0.2) is 53.4 Å². The molecule has 0 fully saturated rings. The van der Waals surface area contributed by atoms with Gasteiger partial charge in [-0.15, -0.1) is 0 Å². The molecule has 0 saturated carbocycles. The van der Waals surface area contributed by atoms with Gasteiger partial charge < -0.3 is 5.73 Å². The van der Waals surface area contributed by atoms with Crippen LogP contribution in [0.2, 0.25) is 0 Å². The van der Waals surface area contributed by atoms with Crippen molar-refractivity contribution < 1.29 is 4.79 Å². The predicted octanol–water partition coefficient (Wildman–Crippen LogP) is 2.68. The number of fused-ring (bicyclic) bond motifs is 1. The Balaban J connectivity index is 1.96. The molecule has 25 heavy (non-hydrogen) atoms. The fourth-order valence-electron chi connectivity index (χ4n) is 2.70. The van der Waals surface area contributed by atoms with Crippen molar-refractivity contribution in [1.29, 1.82) is 0 Å². The van der Waals surface area contributed by atoms with Crippen molar-refractivity contribution in [1.82, 2.24) is 24.5 Å². The molecule has 1 aromatic carbocycles. The van der Waals surface area contributed by atoms with Gasteiger partial charge in [0.25, 0.3) is 5.91 Å². The van der Waals surface area contributed by atoms with Crippen molar-refractivity contribution >= 4 is 32.9 Å². The zero-order chi connectivity index (χ0) is 17.6. The fraction of sp³-hybridized carbons (Fsp3) is 0.0588. The van der Waals surface area contributed by atoms with E-state index >= 15 is 0 Å². The average molecular weight is 397 g/mol. The smallest absolute Gasteiger partial charge is 0.269 e. The molecule has 0 atom stereocenters. The summed E-state index contributed by atoms with van der Waals surface area (Å²) in [6, 6.07) is 9.45. The van der Waals surface area contributed by atoms with Gasteiger partial charge in [0.1, 0.15) is 0 Å². The highest BCUT2D eigenvalue weighted by atomic mass is 79.9. The molecule has 7 nitrogen and oxygen atoms in total. The maximum atomic E-state index is 11.9. The second-order valence-corrected chi connectivity index (χ2v) is 6.52. The van der Waals surface area contributed by atoms with E-state index in [-0.39, 0.29) is 5.69 Å². The third kappa shape index (κ3) is 2.70. The van der Waals surface area contributed by atoms with Gasteiger partial charge in [-0.2, -0.15) is 10.2 Å². The van der Waals surface area contributed by atoms with Gasteiger partial charge in [0.05, 0.1) is 17.3 Å². The lowest BCUT2D eigenvalue weighted by Gasteiger charge is -2.03. The zero-order valence-corrected chi connectivity index (χ0v) is 14.8. The first kappa shape index (κ1) is 15.5. The first-order chi connectivity index (χ1) is 12.0. The molecule has 1 amide bonds. The van der Waals surface area contributed by atoms with Crippen molar-refractivity contribution in [3.05, 3.63) is 59.1 Å². The average Bonchev–Trinajstić information content (AvgIpc) is 3.18. The van der Waals surface area contributed by atoms with E-state index in [0.717, 1.165) is 21.3 Å². The molecule has 3 aromatic heterocycles. The number of pyridine rings is 1. The van der Waals surface area contributed by atoms with Crippen LogP contribution in [-0.2, 0) is 7.05 Å². The molecule has 0 radical (unpaired) electrons. The predicted molar refractivity (Wildman–Crippen MR) is 97.3 cm³/mol. The molecule has 4 aromatic rings. The Hall–Kier alpha value is -3.00. The number of primary amides is 1. The Labute approximate surface area is 151 Å². The molecular weight excluding hydrogens is 384 g/mol. The molecule has 3 heterocycles. The van der Waals surface area contributed by atoms with Crippen LogP contribution in [0.3, 0.4) is 0 Å². The quantitative estimate of drug-likeness (QED) is 0.576. The summed E-state index contributed by atoms with van der Waals surface area (Å²) in [5.41, 5.74) is 8.82.